The van der Waals surface area contributed by atoms with Crippen LogP contribution in [0.15, 0.2) is 0 Å². The molecule has 0 rings (SSSR count). The highest BCUT2D eigenvalue weighted by atomic mass is 16.1. The maximum Gasteiger partial charge on any atom is 0.120 e. The Morgan fingerprint density at radius 1 is 1.25 bits per heavy atom. The Hall–Kier alpha value is -0.330. The van der Waals surface area contributed by atoms with Crippen LogP contribution < -0.4 is 0 Å². The highest BCUT2D eigenvalue weighted by molar-refractivity contribution is 5.51. The monoisotopic (exact) mass is 169 g/mol. The van der Waals surface area contributed by atoms with E-state index in [9.17, 15) is 4.79 Å². The van der Waals surface area contributed by atoms with E-state index in [-0.39, 0.29) is 0 Å². The fourth-order valence-electron chi connectivity index (χ4n) is 1.39. The molecular weight excluding hydrogens is 148 g/mol. The minimum atomic E-state index is 0.630. The third-order valence-corrected chi connectivity index (χ3v) is 2.27. The molecule has 0 saturated heterocycles. The molecule has 1 nitrogen and oxygen atoms in total. The Labute approximate surface area is 76.6 Å². The zero-order chi connectivity index (χ0) is 9.23. The van der Waals surface area contributed by atoms with E-state index in [0.29, 0.717) is 12.3 Å². The first-order valence-corrected chi connectivity index (χ1v) is 5.12. The van der Waals surface area contributed by atoms with Crippen LogP contribution in [0.5, 0.6) is 0 Å². The van der Waals surface area contributed by atoms with Crippen molar-refractivity contribution in [3.05, 3.63) is 6.42 Å². The van der Waals surface area contributed by atoms with Gasteiger partial charge < -0.3 is 4.79 Å². The van der Waals surface area contributed by atoms with Crippen molar-refractivity contribution in [2.45, 2.75) is 52.4 Å². The summed E-state index contributed by atoms with van der Waals surface area (Å²) in [5.41, 5.74) is 0. The molecule has 0 aliphatic rings. The van der Waals surface area contributed by atoms with E-state index in [0.717, 1.165) is 6.29 Å². The van der Waals surface area contributed by atoms with Gasteiger partial charge in [-0.05, 0) is 12.3 Å². The third kappa shape index (κ3) is 6.38. The minimum absolute atomic E-state index is 0.630. The summed E-state index contributed by atoms with van der Waals surface area (Å²) in [7, 11) is 0. The molecule has 1 radical (unpaired) electrons. The molecule has 12 heavy (non-hydrogen) atoms. The van der Waals surface area contributed by atoms with Gasteiger partial charge in [-0.2, -0.15) is 0 Å². The Bertz CT molecular complexity index is 99.2. The summed E-state index contributed by atoms with van der Waals surface area (Å²) in [6.45, 7) is 4.41. The van der Waals surface area contributed by atoms with E-state index in [1.165, 1.54) is 32.1 Å². The van der Waals surface area contributed by atoms with Gasteiger partial charge >= 0.3 is 0 Å². The van der Waals surface area contributed by atoms with Crippen LogP contribution in [0.4, 0.5) is 0 Å². The molecule has 0 saturated carbocycles. The first-order valence-electron chi connectivity index (χ1n) is 5.12. The average molecular weight is 169 g/mol. The maximum absolute atomic E-state index is 10.1. The quantitative estimate of drug-likeness (QED) is 0.402. The Kier molecular flexibility index (Phi) is 8.52. The molecule has 0 aliphatic carbocycles. The Morgan fingerprint density at radius 2 is 2.00 bits per heavy atom. The molecule has 0 aromatic heterocycles. The summed E-state index contributed by atoms with van der Waals surface area (Å²) in [6, 6.07) is 0. The van der Waals surface area contributed by atoms with Crippen LogP contribution >= 0.6 is 0 Å². The van der Waals surface area contributed by atoms with Crippen LogP contribution in [0.1, 0.15) is 52.4 Å². The molecule has 1 heteroatoms. The van der Waals surface area contributed by atoms with Gasteiger partial charge in [0.2, 0.25) is 0 Å². The summed E-state index contributed by atoms with van der Waals surface area (Å²) >= 11 is 0. The number of aldehydes is 1. The van der Waals surface area contributed by atoms with Crippen molar-refractivity contribution in [2.24, 2.45) is 5.92 Å². The van der Waals surface area contributed by atoms with Crippen molar-refractivity contribution in [1.82, 2.24) is 0 Å². The van der Waals surface area contributed by atoms with E-state index in [4.69, 9.17) is 0 Å². The summed E-state index contributed by atoms with van der Waals surface area (Å²) in [5.74, 6) is 0.668. The molecule has 0 N–H and O–H groups in total. The zero-order valence-electron chi connectivity index (χ0n) is 8.38. The number of hydrogen-bond acceptors (Lipinski definition) is 1. The minimum Gasteiger partial charge on any atom is -0.303 e. The van der Waals surface area contributed by atoms with Gasteiger partial charge in [-0.1, -0.05) is 46.0 Å². The highest BCUT2D eigenvalue weighted by Gasteiger charge is 2.04. The second-order valence-electron chi connectivity index (χ2n) is 3.30. The molecule has 0 aromatic rings. The molecule has 0 bridgehead atoms. The van der Waals surface area contributed by atoms with E-state index >= 15 is 0 Å². The second-order valence-corrected chi connectivity index (χ2v) is 3.30. The molecular formula is C11H21O. The largest absolute Gasteiger partial charge is 0.303 e. The van der Waals surface area contributed by atoms with Gasteiger partial charge in [0, 0.05) is 6.42 Å². The number of hydrogen-bond donors (Lipinski definition) is 0. The Balaban J connectivity index is 3.32. The predicted molar refractivity (Wildman–Crippen MR) is 52.9 cm³/mol. The molecule has 0 aromatic carbocycles. The molecule has 0 aliphatic heterocycles. The third-order valence-electron chi connectivity index (χ3n) is 2.27. The van der Waals surface area contributed by atoms with Gasteiger partial charge in [0.15, 0.2) is 0 Å². The molecule has 0 amide bonds. The number of rotatable bonds is 8. The van der Waals surface area contributed by atoms with Crippen LogP contribution in [-0.4, -0.2) is 6.29 Å². The fraction of sp³-hybridized carbons (Fsp3) is 0.818. The number of carbonyl (C=O) groups is 1. The molecule has 0 fully saturated rings. The van der Waals surface area contributed by atoms with Gasteiger partial charge in [-0.15, -0.1) is 0 Å². The molecule has 1 unspecified atom stereocenters. The fourth-order valence-corrected chi connectivity index (χ4v) is 1.39. The van der Waals surface area contributed by atoms with Crippen LogP contribution in [-0.2, 0) is 4.79 Å². The van der Waals surface area contributed by atoms with Crippen LogP contribution in [0, 0.1) is 12.3 Å². The molecule has 1 atom stereocenters. The van der Waals surface area contributed by atoms with Crippen LogP contribution in [0.3, 0.4) is 0 Å². The summed E-state index contributed by atoms with van der Waals surface area (Å²) in [5, 5.41) is 0. The lowest BCUT2D eigenvalue weighted by Crippen LogP contribution is -2.00. The number of unbranched alkanes of at least 4 members (excludes halogenated alkanes) is 2. The lowest BCUT2D eigenvalue weighted by molar-refractivity contribution is -0.107. The van der Waals surface area contributed by atoms with Crippen molar-refractivity contribution >= 4 is 6.29 Å². The van der Waals surface area contributed by atoms with Gasteiger partial charge in [-0.25, -0.2) is 0 Å². The van der Waals surface area contributed by atoms with Gasteiger partial charge in [0.25, 0.3) is 0 Å². The normalized spacial score (nSPS) is 12.8. The van der Waals surface area contributed by atoms with E-state index in [2.05, 4.69) is 20.3 Å². The maximum atomic E-state index is 10.1. The van der Waals surface area contributed by atoms with Gasteiger partial charge in [0.1, 0.15) is 6.29 Å². The lowest BCUT2D eigenvalue weighted by atomic mass is 9.94. The summed E-state index contributed by atoms with van der Waals surface area (Å²) < 4.78 is 0. The lowest BCUT2D eigenvalue weighted by Gasteiger charge is -2.11. The zero-order valence-corrected chi connectivity index (χ0v) is 8.38. The van der Waals surface area contributed by atoms with Crippen LogP contribution in [0.25, 0.3) is 0 Å². The topological polar surface area (TPSA) is 17.1 Å². The van der Waals surface area contributed by atoms with Crippen molar-refractivity contribution in [3.63, 3.8) is 0 Å². The van der Waals surface area contributed by atoms with Crippen LogP contribution in [0.2, 0.25) is 0 Å². The summed E-state index contributed by atoms with van der Waals surface area (Å²) in [4.78, 5) is 10.1. The van der Waals surface area contributed by atoms with Gasteiger partial charge in [-0.3, -0.25) is 0 Å². The first kappa shape index (κ1) is 11.7. The number of carbonyl (C=O) groups excluding carboxylic acids is 1. The molecule has 71 valence electrons. The van der Waals surface area contributed by atoms with E-state index in [1.54, 1.807) is 0 Å². The summed E-state index contributed by atoms with van der Waals surface area (Å²) in [6.07, 6.45) is 10.1. The standard InChI is InChI=1S/C11H21O/c1-3-5-6-8-11(4-2)9-7-10-12/h9-11H,3-8H2,1-2H3. The Morgan fingerprint density at radius 3 is 2.50 bits per heavy atom. The molecule has 0 heterocycles. The van der Waals surface area contributed by atoms with Gasteiger partial charge in [0.05, 0.1) is 0 Å². The highest BCUT2D eigenvalue weighted by Crippen LogP contribution is 2.17. The average Bonchev–Trinajstić information content (AvgIpc) is 2.11. The van der Waals surface area contributed by atoms with Crippen molar-refractivity contribution in [1.29, 1.82) is 0 Å². The van der Waals surface area contributed by atoms with E-state index in [1.807, 2.05) is 0 Å². The van der Waals surface area contributed by atoms with Crippen molar-refractivity contribution in [2.75, 3.05) is 0 Å². The predicted octanol–water partition coefficient (Wildman–Crippen LogP) is 3.39. The molecule has 0 spiro atoms. The van der Waals surface area contributed by atoms with E-state index < -0.39 is 0 Å². The van der Waals surface area contributed by atoms with Crippen molar-refractivity contribution < 1.29 is 4.79 Å². The first-order chi connectivity index (χ1) is 5.85. The smallest absolute Gasteiger partial charge is 0.120 e. The van der Waals surface area contributed by atoms with Crippen molar-refractivity contribution in [3.8, 4) is 0 Å². The second kappa shape index (κ2) is 8.76. The SMILES string of the molecule is CCCCCC([CH]CC=O)CC.